The van der Waals surface area contributed by atoms with Gasteiger partial charge >= 0.3 is 0 Å². The van der Waals surface area contributed by atoms with Crippen molar-refractivity contribution in [1.82, 2.24) is 9.88 Å². The number of fused-ring (bicyclic) bond motifs is 5. The fourth-order valence-corrected chi connectivity index (χ4v) is 7.66. The van der Waals surface area contributed by atoms with Crippen molar-refractivity contribution in [3.8, 4) is 27.9 Å². The molecule has 1 unspecified atom stereocenters. The van der Waals surface area contributed by atoms with Crippen molar-refractivity contribution < 1.29 is 0 Å². The van der Waals surface area contributed by atoms with Gasteiger partial charge in [-0.05, 0) is 93.2 Å². The lowest BCUT2D eigenvalue weighted by atomic mass is 10.00. The Kier molecular flexibility index (Phi) is 7.04. The van der Waals surface area contributed by atoms with Gasteiger partial charge in [-0.1, -0.05) is 133 Å². The van der Waals surface area contributed by atoms with E-state index in [-0.39, 0.29) is 0 Å². The van der Waals surface area contributed by atoms with Gasteiger partial charge in [-0.2, -0.15) is 0 Å². The molecule has 0 spiro atoms. The van der Waals surface area contributed by atoms with E-state index >= 15 is 0 Å². The van der Waals surface area contributed by atoms with Crippen LogP contribution in [0.5, 0.6) is 0 Å². The van der Waals surface area contributed by atoms with Crippen LogP contribution in [0.25, 0.3) is 60.5 Å². The Labute approximate surface area is 297 Å². The molecule has 9 aromatic rings. The average molecular weight is 654 g/mol. The Morgan fingerprint density at radius 2 is 1.02 bits per heavy atom. The van der Waals surface area contributed by atoms with Crippen LogP contribution in [0.4, 0.5) is 17.1 Å². The van der Waals surface area contributed by atoms with Crippen LogP contribution in [-0.2, 0) is 0 Å². The number of aromatic nitrogens is 1. The molecule has 1 saturated heterocycles. The van der Waals surface area contributed by atoms with Gasteiger partial charge in [-0.25, -0.2) is 0 Å². The maximum atomic E-state index is 3.44. The third kappa shape index (κ3) is 5.27. The summed E-state index contributed by atoms with van der Waals surface area (Å²) in [5.41, 5.74) is 13.1. The summed E-state index contributed by atoms with van der Waals surface area (Å²) in [6.07, 6.45) is 0. The zero-order valence-electron chi connectivity index (χ0n) is 28.1. The quantitative estimate of drug-likeness (QED) is 0.174. The molecule has 0 radical (unpaired) electrons. The summed E-state index contributed by atoms with van der Waals surface area (Å²) >= 11 is 0. The first-order valence-corrected chi connectivity index (χ1v) is 17.7. The summed E-state index contributed by atoms with van der Waals surface area (Å²) in [7, 11) is 0. The molecule has 1 aliphatic rings. The van der Waals surface area contributed by atoms with Crippen molar-refractivity contribution in [2.75, 3.05) is 11.4 Å². The molecule has 3 heteroatoms. The zero-order valence-corrected chi connectivity index (χ0v) is 28.1. The van der Waals surface area contributed by atoms with E-state index in [4.69, 9.17) is 0 Å². The lowest BCUT2D eigenvalue weighted by molar-refractivity contribution is 1.07. The lowest BCUT2D eigenvalue weighted by Crippen LogP contribution is -2.10. The molecule has 1 fully saturated rings. The molecule has 242 valence electrons. The summed E-state index contributed by atoms with van der Waals surface area (Å²) in [5, 5.41) is 8.51. The van der Waals surface area contributed by atoms with Crippen molar-refractivity contribution >= 4 is 49.6 Å². The second-order valence-corrected chi connectivity index (χ2v) is 13.4. The highest BCUT2D eigenvalue weighted by Gasteiger charge is 2.23. The number of benzene rings is 8. The molecular formula is C48H35N3. The number of hydrogen-bond acceptors (Lipinski definition) is 2. The minimum Gasteiger partial charge on any atom is -0.310 e. The first kappa shape index (κ1) is 29.5. The van der Waals surface area contributed by atoms with Crippen LogP contribution in [-0.4, -0.2) is 11.1 Å². The monoisotopic (exact) mass is 653 g/mol. The largest absolute Gasteiger partial charge is 0.310 e. The van der Waals surface area contributed by atoms with Crippen LogP contribution >= 0.6 is 0 Å². The summed E-state index contributed by atoms with van der Waals surface area (Å²) in [6, 6.07) is 68.9. The first-order chi connectivity index (χ1) is 25.3. The smallest absolute Gasteiger partial charge is 0.0562 e. The maximum Gasteiger partial charge on any atom is 0.0562 e. The molecule has 0 saturated carbocycles. The van der Waals surface area contributed by atoms with E-state index in [9.17, 15) is 0 Å². The molecule has 8 aromatic carbocycles. The molecule has 0 aliphatic carbocycles. The van der Waals surface area contributed by atoms with Gasteiger partial charge in [0, 0.05) is 46.1 Å². The zero-order chi connectivity index (χ0) is 33.7. The molecule has 0 bridgehead atoms. The van der Waals surface area contributed by atoms with Crippen LogP contribution in [0.2, 0.25) is 0 Å². The highest BCUT2D eigenvalue weighted by molar-refractivity contribution is 6.21. The van der Waals surface area contributed by atoms with E-state index in [0.717, 1.165) is 23.6 Å². The Balaban J connectivity index is 1.10. The Morgan fingerprint density at radius 3 is 1.71 bits per heavy atom. The summed E-state index contributed by atoms with van der Waals surface area (Å²) < 4.78 is 2.44. The van der Waals surface area contributed by atoms with Gasteiger partial charge in [-0.3, -0.25) is 0 Å². The van der Waals surface area contributed by atoms with Crippen molar-refractivity contribution in [2.24, 2.45) is 0 Å². The van der Waals surface area contributed by atoms with Crippen LogP contribution in [0.3, 0.4) is 0 Å². The molecule has 1 atom stereocenters. The molecule has 51 heavy (non-hydrogen) atoms. The van der Waals surface area contributed by atoms with E-state index in [1.807, 2.05) is 0 Å². The highest BCUT2D eigenvalue weighted by Crippen LogP contribution is 2.42. The predicted octanol–water partition coefficient (Wildman–Crippen LogP) is 12.4. The summed E-state index contributed by atoms with van der Waals surface area (Å²) in [6.45, 7) is 1.06. The minimum atomic E-state index is 0.479. The third-order valence-corrected chi connectivity index (χ3v) is 10.3. The molecule has 10 rings (SSSR count). The number of anilines is 3. The third-order valence-electron chi connectivity index (χ3n) is 10.3. The number of nitrogens with one attached hydrogen (secondary N) is 1. The fraction of sp³-hybridized carbons (Fsp3) is 0.0417. The Hall–Kier alpha value is -6.42. The topological polar surface area (TPSA) is 30.1 Å². The maximum absolute atomic E-state index is 3.44. The molecular weight excluding hydrogens is 619 g/mol. The van der Waals surface area contributed by atoms with E-state index in [1.165, 1.54) is 66.1 Å². The molecule has 3 nitrogen and oxygen atoms in total. The Morgan fingerprint density at radius 1 is 0.451 bits per heavy atom. The fourth-order valence-electron chi connectivity index (χ4n) is 7.66. The average Bonchev–Trinajstić information content (AvgIpc) is 4.01. The van der Waals surface area contributed by atoms with Gasteiger partial charge in [0.2, 0.25) is 0 Å². The molecule has 0 amide bonds. The number of rotatable bonds is 7. The SMILES string of the molecule is c1ccc(-c2ccc(-c3ccc(N(c4ccccc4)c4ccc5c6c7ccccc7ccc6n(-c6ccc(C7CN7)cc6)c5c4)cc3)cc2)cc1. The molecule has 1 aromatic heterocycles. The molecule has 2 heterocycles. The van der Waals surface area contributed by atoms with E-state index in [0.29, 0.717) is 6.04 Å². The standard InChI is InChI=1S/C48H35N3/c1-3-9-33(10-4-1)34-15-17-35(18-16-34)36-19-24-40(25-20-36)50(39-12-5-2-6-13-39)42-28-29-44-47(31-42)51(41-26-21-38(22-27-41)45-32-49-45)46-30-23-37-11-7-8-14-43(37)48(44)46/h1-31,45,49H,32H2. The highest BCUT2D eigenvalue weighted by atomic mass is 15.1. The van der Waals surface area contributed by atoms with Gasteiger partial charge in [0.1, 0.15) is 0 Å². The van der Waals surface area contributed by atoms with Crippen LogP contribution in [0.15, 0.2) is 188 Å². The van der Waals surface area contributed by atoms with Crippen molar-refractivity contribution in [1.29, 1.82) is 0 Å². The van der Waals surface area contributed by atoms with Crippen LogP contribution in [0, 0.1) is 0 Å². The van der Waals surface area contributed by atoms with E-state index in [2.05, 4.69) is 203 Å². The number of para-hydroxylation sites is 1. The van der Waals surface area contributed by atoms with E-state index < -0.39 is 0 Å². The van der Waals surface area contributed by atoms with Gasteiger partial charge in [0.25, 0.3) is 0 Å². The van der Waals surface area contributed by atoms with Crippen LogP contribution in [0.1, 0.15) is 11.6 Å². The molecule has 1 N–H and O–H groups in total. The second kappa shape index (κ2) is 12.2. The van der Waals surface area contributed by atoms with Gasteiger partial charge in [-0.15, -0.1) is 0 Å². The van der Waals surface area contributed by atoms with E-state index in [1.54, 1.807) is 0 Å². The number of nitrogens with zero attached hydrogens (tertiary/aromatic N) is 2. The summed E-state index contributed by atoms with van der Waals surface area (Å²) in [4.78, 5) is 2.36. The van der Waals surface area contributed by atoms with Gasteiger partial charge in [0.15, 0.2) is 0 Å². The van der Waals surface area contributed by atoms with Crippen molar-refractivity contribution in [2.45, 2.75) is 6.04 Å². The lowest BCUT2D eigenvalue weighted by Gasteiger charge is -2.26. The number of hydrogen-bond donors (Lipinski definition) is 1. The van der Waals surface area contributed by atoms with Crippen molar-refractivity contribution in [3.63, 3.8) is 0 Å². The summed E-state index contributed by atoms with van der Waals surface area (Å²) in [5.74, 6) is 0. The van der Waals surface area contributed by atoms with Gasteiger partial charge < -0.3 is 14.8 Å². The van der Waals surface area contributed by atoms with Gasteiger partial charge in [0.05, 0.1) is 11.0 Å². The Bertz CT molecular complexity index is 2650. The van der Waals surface area contributed by atoms with Crippen LogP contribution < -0.4 is 10.2 Å². The van der Waals surface area contributed by atoms with Crippen molar-refractivity contribution in [3.05, 3.63) is 194 Å². The molecule has 1 aliphatic heterocycles. The first-order valence-electron chi connectivity index (χ1n) is 17.7. The predicted molar refractivity (Wildman–Crippen MR) is 215 cm³/mol. The normalized spacial score (nSPS) is 13.9. The minimum absolute atomic E-state index is 0.479. The second-order valence-electron chi connectivity index (χ2n) is 13.4.